The maximum Gasteiger partial charge on any atom is 0.243 e. The van der Waals surface area contributed by atoms with Crippen molar-refractivity contribution in [2.75, 3.05) is 11.9 Å². The minimum Gasteiger partial charge on any atom is -0.346 e. The van der Waals surface area contributed by atoms with Crippen LogP contribution in [0.25, 0.3) is 11.1 Å². The number of carbonyl (C=O) groups is 2. The number of hydrogen-bond donors (Lipinski definition) is 3. The molecule has 0 unspecified atom stereocenters. The van der Waals surface area contributed by atoms with E-state index in [1.807, 2.05) is 51.1 Å². The molecule has 27 heavy (non-hydrogen) atoms. The highest BCUT2D eigenvalue weighted by molar-refractivity contribution is 5.96. The molecule has 0 spiro atoms. The monoisotopic (exact) mass is 412 g/mol. The van der Waals surface area contributed by atoms with Crippen molar-refractivity contribution in [2.45, 2.75) is 26.8 Å². The second-order valence-corrected chi connectivity index (χ2v) is 6.30. The van der Waals surface area contributed by atoms with Gasteiger partial charge in [-0.1, -0.05) is 26.0 Å². The van der Waals surface area contributed by atoms with E-state index in [1.165, 1.54) is 0 Å². The molecule has 2 aromatic rings. The number of hydrogen-bond acceptors (Lipinski definition) is 4. The Labute approximate surface area is 172 Å². The second kappa shape index (κ2) is 11.5. The highest BCUT2D eigenvalue weighted by atomic mass is 35.5. The van der Waals surface area contributed by atoms with Crippen LogP contribution in [0.15, 0.2) is 42.7 Å². The molecule has 0 aliphatic carbocycles. The van der Waals surface area contributed by atoms with Gasteiger partial charge >= 0.3 is 0 Å². The molecule has 1 atom stereocenters. The van der Waals surface area contributed by atoms with Crippen LogP contribution in [0.3, 0.4) is 0 Å². The predicted molar refractivity (Wildman–Crippen MR) is 113 cm³/mol. The van der Waals surface area contributed by atoms with E-state index in [4.69, 9.17) is 5.73 Å². The summed E-state index contributed by atoms with van der Waals surface area (Å²) in [6.45, 7) is 5.52. The first-order chi connectivity index (χ1) is 11.9. The lowest BCUT2D eigenvalue weighted by Gasteiger charge is -2.15. The first-order valence-corrected chi connectivity index (χ1v) is 8.22. The number of nitrogens with two attached hydrogens (primary N) is 1. The molecule has 2 amide bonds. The summed E-state index contributed by atoms with van der Waals surface area (Å²) in [6.07, 6.45) is 3.45. The van der Waals surface area contributed by atoms with Gasteiger partial charge in [0.2, 0.25) is 11.8 Å². The summed E-state index contributed by atoms with van der Waals surface area (Å²) in [6, 6.07) is 9.03. The number of anilines is 1. The fourth-order valence-electron chi connectivity index (χ4n) is 2.26. The Bertz CT molecular complexity index is 755. The molecule has 0 radical (unpaired) electrons. The number of carbonyl (C=O) groups excluding carboxylic acids is 2. The lowest BCUT2D eigenvalue weighted by molar-refractivity contribution is -0.125. The van der Waals surface area contributed by atoms with Gasteiger partial charge < -0.3 is 16.4 Å². The van der Waals surface area contributed by atoms with E-state index < -0.39 is 6.04 Å². The molecule has 0 aliphatic heterocycles. The van der Waals surface area contributed by atoms with Crippen LogP contribution < -0.4 is 16.4 Å². The predicted octanol–water partition coefficient (Wildman–Crippen LogP) is 2.94. The topological polar surface area (TPSA) is 97.1 Å². The van der Waals surface area contributed by atoms with Crippen LogP contribution in [0.5, 0.6) is 0 Å². The van der Waals surface area contributed by atoms with Gasteiger partial charge in [-0.25, -0.2) is 0 Å². The summed E-state index contributed by atoms with van der Waals surface area (Å²) < 4.78 is 0. The molecule has 6 nitrogen and oxygen atoms in total. The van der Waals surface area contributed by atoms with Gasteiger partial charge in [-0.2, -0.15) is 0 Å². The van der Waals surface area contributed by atoms with Crippen LogP contribution >= 0.6 is 24.8 Å². The van der Waals surface area contributed by atoms with Gasteiger partial charge in [0.25, 0.3) is 0 Å². The van der Waals surface area contributed by atoms with Crippen LogP contribution in [0.4, 0.5) is 5.69 Å². The Balaban J connectivity index is 0.00000338. The average molecular weight is 413 g/mol. The minimum atomic E-state index is -0.621. The van der Waals surface area contributed by atoms with E-state index >= 15 is 0 Å². The quantitative estimate of drug-likeness (QED) is 0.678. The summed E-state index contributed by atoms with van der Waals surface area (Å²) in [7, 11) is 0. The van der Waals surface area contributed by atoms with Gasteiger partial charge in [0.1, 0.15) is 0 Å². The lowest BCUT2D eigenvalue weighted by Crippen LogP contribution is -2.46. The Morgan fingerprint density at radius 2 is 1.70 bits per heavy atom. The second-order valence-electron chi connectivity index (χ2n) is 6.30. The maximum absolute atomic E-state index is 12.1. The number of rotatable bonds is 6. The molecule has 0 saturated carbocycles. The third kappa shape index (κ3) is 7.17. The third-order valence-corrected chi connectivity index (χ3v) is 3.97. The zero-order chi connectivity index (χ0) is 18.4. The Hall–Kier alpha value is -2.15. The number of nitrogens with zero attached hydrogens (tertiary/aromatic N) is 1. The molecule has 0 aliphatic rings. The van der Waals surface area contributed by atoms with Crippen LogP contribution in [0.2, 0.25) is 0 Å². The highest BCUT2D eigenvalue weighted by Gasteiger charge is 2.17. The molecular weight excluding hydrogens is 387 g/mol. The molecule has 0 fully saturated rings. The van der Waals surface area contributed by atoms with Crippen molar-refractivity contribution in [2.24, 2.45) is 11.7 Å². The third-order valence-electron chi connectivity index (χ3n) is 3.97. The van der Waals surface area contributed by atoms with Crippen LogP contribution in [-0.4, -0.2) is 29.4 Å². The summed E-state index contributed by atoms with van der Waals surface area (Å²) >= 11 is 0. The van der Waals surface area contributed by atoms with Gasteiger partial charge in [0, 0.05) is 18.1 Å². The van der Waals surface area contributed by atoms with Crippen molar-refractivity contribution >= 4 is 42.3 Å². The van der Waals surface area contributed by atoms with Gasteiger partial charge in [0.05, 0.1) is 12.6 Å². The van der Waals surface area contributed by atoms with E-state index in [2.05, 4.69) is 15.6 Å². The minimum absolute atomic E-state index is 0. The maximum atomic E-state index is 12.1. The Morgan fingerprint density at radius 1 is 1.07 bits per heavy atom. The van der Waals surface area contributed by atoms with Crippen molar-refractivity contribution in [3.8, 4) is 11.1 Å². The van der Waals surface area contributed by atoms with Crippen molar-refractivity contribution in [3.63, 3.8) is 0 Å². The zero-order valence-corrected chi connectivity index (χ0v) is 17.2. The lowest BCUT2D eigenvalue weighted by atomic mass is 10.0. The van der Waals surface area contributed by atoms with Crippen molar-refractivity contribution in [1.29, 1.82) is 0 Å². The van der Waals surface area contributed by atoms with Crippen LogP contribution in [-0.2, 0) is 9.59 Å². The van der Waals surface area contributed by atoms with Gasteiger partial charge in [0.15, 0.2) is 0 Å². The van der Waals surface area contributed by atoms with Crippen LogP contribution in [0, 0.1) is 12.8 Å². The van der Waals surface area contributed by atoms with Gasteiger partial charge in [-0.15, -0.1) is 24.8 Å². The number of pyridine rings is 1. The SMILES string of the molecule is Cc1ccc(-c2ccncc2)cc1NC(=O)CNC(=O)[C@@H](N)C(C)C.Cl.Cl. The molecule has 148 valence electrons. The fourth-order valence-corrected chi connectivity index (χ4v) is 2.26. The van der Waals surface area contributed by atoms with E-state index in [9.17, 15) is 9.59 Å². The first kappa shape index (κ1) is 24.8. The van der Waals surface area contributed by atoms with Crippen molar-refractivity contribution in [3.05, 3.63) is 48.3 Å². The summed E-state index contributed by atoms with van der Waals surface area (Å²) in [5.41, 5.74) is 9.41. The molecule has 1 aromatic heterocycles. The molecule has 4 N–H and O–H groups in total. The van der Waals surface area contributed by atoms with E-state index in [0.29, 0.717) is 5.69 Å². The standard InChI is InChI=1S/C19H24N4O2.2ClH/c1-12(2)18(20)19(25)22-11-17(24)23-16-10-15(5-4-13(16)3)14-6-8-21-9-7-14;;/h4-10,12,18H,11,20H2,1-3H3,(H,22,25)(H,23,24);2*1H/t18-;;/m0../s1. The fraction of sp³-hybridized carbons (Fsp3) is 0.316. The van der Waals surface area contributed by atoms with E-state index in [1.54, 1.807) is 12.4 Å². The van der Waals surface area contributed by atoms with Gasteiger partial charge in [-0.3, -0.25) is 14.6 Å². The largest absolute Gasteiger partial charge is 0.346 e. The summed E-state index contributed by atoms with van der Waals surface area (Å²) in [5, 5.41) is 5.40. The molecule has 8 heteroatoms. The molecule has 1 aromatic carbocycles. The molecule has 0 bridgehead atoms. The smallest absolute Gasteiger partial charge is 0.243 e. The molecule has 2 rings (SSSR count). The summed E-state index contributed by atoms with van der Waals surface area (Å²) in [4.78, 5) is 28.0. The van der Waals surface area contributed by atoms with E-state index in [0.717, 1.165) is 16.7 Å². The van der Waals surface area contributed by atoms with Crippen LogP contribution in [0.1, 0.15) is 19.4 Å². The van der Waals surface area contributed by atoms with Gasteiger partial charge in [-0.05, 0) is 47.7 Å². The molecular formula is C19H26Cl2N4O2. The van der Waals surface area contributed by atoms with Crippen molar-refractivity contribution < 1.29 is 9.59 Å². The van der Waals surface area contributed by atoms with E-state index in [-0.39, 0.29) is 49.1 Å². The number of halogens is 2. The normalized spacial score (nSPS) is 11.0. The number of aromatic nitrogens is 1. The van der Waals surface area contributed by atoms with Crippen molar-refractivity contribution in [1.82, 2.24) is 10.3 Å². The average Bonchev–Trinajstić information content (AvgIpc) is 2.61. The Kier molecular flexibility index (Phi) is 10.6. The molecule has 0 saturated heterocycles. The molecule has 1 heterocycles. The number of benzene rings is 1. The first-order valence-electron chi connectivity index (χ1n) is 8.22. The Morgan fingerprint density at radius 3 is 2.30 bits per heavy atom. The number of amides is 2. The highest BCUT2D eigenvalue weighted by Crippen LogP contribution is 2.24. The number of aryl methyl sites for hydroxylation is 1. The zero-order valence-electron chi connectivity index (χ0n) is 15.6. The summed E-state index contributed by atoms with van der Waals surface area (Å²) in [5.74, 6) is -0.603. The number of nitrogens with one attached hydrogen (secondary N) is 2.